The summed E-state index contributed by atoms with van der Waals surface area (Å²) in [5, 5.41) is 18.3. The summed E-state index contributed by atoms with van der Waals surface area (Å²) in [6.45, 7) is 10.7. The van der Waals surface area contributed by atoms with Crippen LogP contribution in [0.15, 0.2) is 54.6 Å². The molecule has 1 N–H and O–H groups in total. The van der Waals surface area contributed by atoms with Crippen molar-refractivity contribution in [2.24, 2.45) is 7.05 Å². The highest BCUT2D eigenvalue weighted by Gasteiger charge is 2.29. The second-order valence-corrected chi connectivity index (χ2v) is 10.8. The number of aliphatic carboxylic acids is 1. The highest BCUT2D eigenvalue weighted by Crippen LogP contribution is 2.35. The molecule has 1 aliphatic heterocycles. The third-order valence-electron chi connectivity index (χ3n) is 7.36. The fourth-order valence-electron chi connectivity index (χ4n) is 5.54. The topological polar surface area (TPSA) is 80.5 Å². The molecule has 0 fully saturated rings. The zero-order valence-corrected chi connectivity index (χ0v) is 22.2. The van der Waals surface area contributed by atoms with Crippen molar-refractivity contribution in [3.8, 4) is 5.75 Å². The summed E-state index contributed by atoms with van der Waals surface area (Å²) in [6.07, 6.45) is 0.00701. The predicted molar refractivity (Wildman–Crippen MR) is 144 cm³/mol. The van der Waals surface area contributed by atoms with Crippen molar-refractivity contribution >= 4 is 17.0 Å². The van der Waals surface area contributed by atoms with Gasteiger partial charge in [0.1, 0.15) is 16.9 Å². The average Bonchev–Trinajstić information content (AvgIpc) is 3.15. The number of hydrogen-bond acceptors (Lipinski definition) is 5. The molecule has 7 nitrogen and oxygen atoms in total. The van der Waals surface area contributed by atoms with Crippen LogP contribution in [0.1, 0.15) is 59.6 Å². The van der Waals surface area contributed by atoms with Crippen molar-refractivity contribution in [1.82, 2.24) is 19.9 Å². The lowest BCUT2D eigenvalue weighted by atomic mass is 9.84. The molecule has 192 valence electrons. The van der Waals surface area contributed by atoms with Crippen LogP contribution in [0.25, 0.3) is 11.0 Å². The van der Waals surface area contributed by atoms with Crippen LogP contribution < -0.4 is 4.74 Å². The van der Waals surface area contributed by atoms with Gasteiger partial charge in [0, 0.05) is 38.2 Å². The molecular formula is C30H34N4O3. The Morgan fingerprint density at radius 2 is 1.92 bits per heavy atom. The molecule has 0 aliphatic carbocycles. The first-order chi connectivity index (χ1) is 17.6. The van der Waals surface area contributed by atoms with E-state index in [0.717, 1.165) is 53.1 Å². The van der Waals surface area contributed by atoms with E-state index in [4.69, 9.17) is 4.74 Å². The van der Waals surface area contributed by atoms with Crippen LogP contribution in [0.2, 0.25) is 0 Å². The third kappa shape index (κ3) is 5.09. The Morgan fingerprint density at radius 1 is 1.14 bits per heavy atom. The number of nitrogens with zero attached hydrogens (tertiary/aromatic N) is 4. The lowest BCUT2D eigenvalue weighted by Gasteiger charge is -2.30. The van der Waals surface area contributed by atoms with E-state index in [-0.39, 0.29) is 17.9 Å². The highest BCUT2D eigenvalue weighted by molar-refractivity contribution is 5.80. The molecule has 1 aliphatic rings. The quantitative estimate of drug-likeness (QED) is 0.385. The minimum atomic E-state index is -0.825. The minimum Gasteiger partial charge on any atom is -0.486 e. The zero-order chi connectivity index (χ0) is 26.3. The van der Waals surface area contributed by atoms with Gasteiger partial charge >= 0.3 is 5.97 Å². The van der Waals surface area contributed by atoms with Crippen LogP contribution in [-0.4, -0.2) is 43.1 Å². The number of aromatic nitrogens is 3. The molecule has 0 saturated carbocycles. The van der Waals surface area contributed by atoms with Crippen LogP contribution in [0.3, 0.4) is 0 Å². The van der Waals surface area contributed by atoms with Gasteiger partial charge in [0.05, 0.1) is 11.9 Å². The fourth-order valence-corrected chi connectivity index (χ4v) is 5.54. The first-order valence-corrected chi connectivity index (χ1v) is 12.7. The summed E-state index contributed by atoms with van der Waals surface area (Å²) in [4.78, 5) is 14.4. The number of ether oxygens (including phenoxy) is 1. The first kappa shape index (κ1) is 25.0. The van der Waals surface area contributed by atoms with Gasteiger partial charge in [0.25, 0.3) is 0 Å². The van der Waals surface area contributed by atoms with Gasteiger partial charge in [-0.3, -0.25) is 9.69 Å². The first-order valence-electron chi connectivity index (χ1n) is 12.7. The van der Waals surface area contributed by atoms with Gasteiger partial charge in [-0.05, 0) is 67.6 Å². The zero-order valence-electron chi connectivity index (χ0n) is 22.2. The van der Waals surface area contributed by atoms with E-state index in [0.29, 0.717) is 0 Å². The second-order valence-electron chi connectivity index (χ2n) is 10.8. The normalized spacial score (nSPS) is 16.1. The molecule has 1 aromatic heterocycles. The van der Waals surface area contributed by atoms with Gasteiger partial charge in [-0.2, -0.15) is 0 Å². The molecule has 0 radical (unpaired) electrons. The summed E-state index contributed by atoms with van der Waals surface area (Å²) in [5.41, 5.74) is 7.94. The van der Waals surface area contributed by atoms with Gasteiger partial charge in [0.2, 0.25) is 0 Å². The standard InChI is InChI=1S/C30H34N4O3/c1-19-10-11-21(25(15-28(35)36)24-12-13-26-29(20(24)2)31-32-33(26)5)14-23(19)17-34-16-22-8-6-7-9-27(22)37-30(3,4)18-34/h6-14,25H,15-18H2,1-5H3,(H,35,36). The van der Waals surface area contributed by atoms with Crippen molar-refractivity contribution in [2.45, 2.75) is 58.7 Å². The van der Waals surface area contributed by atoms with Crippen molar-refractivity contribution in [3.63, 3.8) is 0 Å². The Bertz CT molecular complexity index is 1470. The third-order valence-corrected chi connectivity index (χ3v) is 7.36. The summed E-state index contributed by atoms with van der Waals surface area (Å²) >= 11 is 0. The molecule has 0 amide bonds. The van der Waals surface area contributed by atoms with E-state index in [1.165, 1.54) is 16.7 Å². The molecule has 7 heteroatoms. The number of carbonyl (C=O) groups is 1. The minimum absolute atomic E-state index is 0.00701. The van der Waals surface area contributed by atoms with Gasteiger partial charge in [0.15, 0.2) is 0 Å². The number of carboxylic acids is 1. The number of benzene rings is 3. The van der Waals surface area contributed by atoms with E-state index >= 15 is 0 Å². The smallest absolute Gasteiger partial charge is 0.304 e. The van der Waals surface area contributed by atoms with Crippen molar-refractivity contribution in [2.75, 3.05) is 6.54 Å². The summed E-state index contributed by atoms with van der Waals surface area (Å²) < 4.78 is 8.08. The maximum absolute atomic E-state index is 12.0. The van der Waals surface area contributed by atoms with Crippen LogP contribution >= 0.6 is 0 Å². The Morgan fingerprint density at radius 3 is 2.70 bits per heavy atom. The van der Waals surface area contributed by atoms with E-state index in [2.05, 4.69) is 66.3 Å². The second kappa shape index (κ2) is 9.63. The Kier molecular flexibility index (Phi) is 6.50. The number of hydrogen-bond donors (Lipinski definition) is 1. The lowest BCUT2D eigenvalue weighted by Crippen LogP contribution is -2.40. The summed E-state index contributed by atoms with van der Waals surface area (Å²) in [5.74, 6) is -0.168. The molecule has 0 spiro atoms. The maximum Gasteiger partial charge on any atom is 0.304 e. The lowest BCUT2D eigenvalue weighted by molar-refractivity contribution is -0.137. The number of fused-ring (bicyclic) bond motifs is 2. The predicted octanol–water partition coefficient (Wildman–Crippen LogP) is 5.36. The molecule has 37 heavy (non-hydrogen) atoms. The summed E-state index contributed by atoms with van der Waals surface area (Å²) in [6, 6.07) is 18.6. The van der Waals surface area contributed by atoms with E-state index in [1.807, 2.05) is 38.2 Å². The van der Waals surface area contributed by atoms with Gasteiger partial charge < -0.3 is 9.84 Å². The molecule has 0 saturated heterocycles. The van der Waals surface area contributed by atoms with Gasteiger partial charge in [-0.25, -0.2) is 4.68 Å². The molecule has 5 rings (SSSR count). The van der Waals surface area contributed by atoms with Crippen molar-refractivity contribution < 1.29 is 14.6 Å². The Labute approximate surface area is 217 Å². The van der Waals surface area contributed by atoms with E-state index < -0.39 is 5.97 Å². The SMILES string of the molecule is Cc1ccc(C(CC(=O)O)c2ccc3c(nnn3C)c2C)cc1CN1Cc2ccccc2OC(C)(C)C1. The Hall–Kier alpha value is -3.71. The van der Waals surface area contributed by atoms with Crippen LogP contribution in [0, 0.1) is 13.8 Å². The fraction of sp³-hybridized carbons (Fsp3) is 0.367. The molecule has 2 heterocycles. The van der Waals surface area contributed by atoms with Crippen LogP contribution in [-0.2, 0) is 24.9 Å². The molecular weight excluding hydrogens is 464 g/mol. The number of para-hydroxylation sites is 1. The number of rotatable bonds is 6. The maximum atomic E-state index is 12.0. The highest BCUT2D eigenvalue weighted by atomic mass is 16.5. The van der Waals surface area contributed by atoms with Crippen LogP contribution in [0.5, 0.6) is 5.75 Å². The number of carboxylic acid groups (broad SMARTS) is 1. The van der Waals surface area contributed by atoms with Crippen molar-refractivity contribution in [1.29, 1.82) is 0 Å². The molecule has 1 atom stereocenters. The largest absolute Gasteiger partial charge is 0.486 e. The van der Waals surface area contributed by atoms with Gasteiger partial charge in [-0.1, -0.05) is 47.7 Å². The molecule has 4 aromatic rings. The van der Waals surface area contributed by atoms with Gasteiger partial charge in [-0.15, -0.1) is 5.10 Å². The molecule has 1 unspecified atom stereocenters. The number of aryl methyl sites for hydroxylation is 3. The molecule has 3 aromatic carbocycles. The van der Waals surface area contributed by atoms with Crippen molar-refractivity contribution in [3.05, 3.63) is 88.0 Å². The van der Waals surface area contributed by atoms with Crippen LogP contribution in [0.4, 0.5) is 0 Å². The molecule has 0 bridgehead atoms. The van der Waals surface area contributed by atoms with E-state index in [9.17, 15) is 9.90 Å². The van der Waals surface area contributed by atoms with E-state index in [1.54, 1.807) is 4.68 Å². The summed E-state index contributed by atoms with van der Waals surface area (Å²) in [7, 11) is 1.86. The Balaban J connectivity index is 1.51. The monoisotopic (exact) mass is 498 g/mol. The average molecular weight is 499 g/mol.